The van der Waals surface area contributed by atoms with Crippen molar-refractivity contribution in [1.29, 1.82) is 0 Å². The maximum absolute atomic E-state index is 9.65. The molecule has 0 heterocycles. The zero-order valence-electron chi connectivity index (χ0n) is 8.05. The molecule has 1 nitrogen and oxygen atoms in total. The fourth-order valence-electron chi connectivity index (χ4n) is 1.61. The highest BCUT2D eigenvalue weighted by Gasteiger charge is 2.11. The van der Waals surface area contributed by atoms with Crippen molar-refractivity contribution in [2.75, 3.05) is 5.88 Å². The molecule has 1 unspecified atom stereocenters. The molecule has 0 aliphatic rings. The number of hydrogen-bond acceptors (Lipinski definition) is 1. The molecular weight excluding hydrogens is 184 g/mol. The summed E-state index contributed by atoms with van der Waals surface area (Å²) in [5, 5.41) is 9.65. The van der Waals surface area contributed by atoms with Crippen molar-refractivity contribution in [1.82, 2.24) is 0 Å². The van der Waals surface area contributed by atoms with E-state index in [1.807, 2.05) is 19.1 Å². The second kappa shape index (κ2) is 4.52. The van der Waals surface area contributed by atoms with Gasteiger partial charge < -0.3 is 5.11 Å². The second-order valence-electron chi connectivity index (χ2n) is 3.39. The van der Waals surface area contributed by atoms with Gasteiger partial charge in [-0.05, 0) is 36.5 Å². The minimum Gasteiger partial charge on any atom is -0.508 e. The van der Waals surface area contributed by atoms with E-state index in [1.54, 1.807) is 6.07 Å². The van der Waals surface area contributed by atoms with Crippen LogP contribution in [0.3, 0.4) is 0 Å². The molecule has 0 spiro atoms. The number of aromatic hydroxyl groups is 1. The van der Waals surface area contributed by atoms with Gasteiger partial charge in [0.15, 0.2) is 0 Å². The van der Waals surface area contributed by atoms with Crippen LogP contribution in [0.4, 0.5) is 0 Å². The zero-order chi connectivity index (χ0) is 9.84. The summed E-state index contributed by atoms with van der Waals surface area (Å²) in [5.41, 5.74) is 2.17. The van der Waals surface area contributed by atoms with Crippen molar-refractivity contribution < 1.29 is 5.11 Å². The van der Waals surface area contributed by atoms with Gasteiger partial charge in [-0.2, -0.15) is 0 Å². The molecule has 1 atom stereocenters. The lowest BCUT2D eigenvalue weighted by molar-refractivity contribution is 0.461. The van der Waals surface area contributed by atoms with Crippen LogP contribution in [0.2, 0.25) is 0 Å². The molecule has 0 aromatic heterocycles. The zero-order valence-corrected chi connectivity index (χ0v) is 8.80. The molecule has 72 valence electrons. The number of phenols is 1. The van der Waals surface area contributed by atoms with E-state index in [0.29, 0.717) is 17.5 Å². The van der Waals surface area contributed by atoms with E-state index in [4.69, 9.17) is 11.6 Å². The Morgan fingerprint density at radius 1 is 1.46 bits per heavy atom. The average Bonchev–Trinajstić information content (AvgIpc) is 2.04. The second-order valence-corrected chi connectivity index (χ2v) is 3.76. The minimum absolute atomic E-state index is 0.332. The predicted molar refractivity (Wildman–Crippen MR) is 56.6 cm³/mol. The van der Waals surface area contributed by atoms with Crippen molar-refractivity contribution in [2.24, 2.45) is 0 Å². The third kappa shape index (κ3) is 2.38. The molecule has 2 heteroatoms. The molecule has 0 saturated heterocycles. The van der Waals surface area contributed by atoms with Crippen molar-refractivity contribution in [3.8, 4) is 5.75 Å². The van der Waals surface area contributed by atoms with Crippen LogP contribution in [-0.4, -0.2) is 11.0 Å². The normalized spacial score (nSPS) is 12.8. The first-order chi connectivity index (χ1) is 6.16. The molecule has 0 fully saturated rings. The maximum atomic E-state index is 9.65. The van der Waals surface area contributed by atoms with Crippen molar-refractivity contribution in [3.63, 3.8) is 0 Å². The number of benzene rings is 1. The van der Waals surface area contributed by atoms with Gasteiger partial charge in [0.2, 0.25) is 0 Å². The standard InChI is InChI=1S/C11H15ClO/c1-8-4-3-5-10(13)11(8)9(2)6-7-12/h3-5,9,13H,6-7H2,1-2H3. The Morgan fingerprint density at radius 2 is 2.15 bits per heavy atom. The highest BCUT2D eigenvalue weighted by Crippen LogP contribution is 2.30. The molecule has 0 saturated carbocycles. The Morgan fingerprint density at radius 3 is 2.69 bits per heavy atom. The first-order valence-electron chi connectivity index (χ1n) is 4.51. The largest absolute Gasteiger partial charge is 0.508 e. The number of hydrogen-bond donors (Lipinski definition) is 1. The summed E-state index contributed by atoms with van der Waals surface area (Å²) in [6, 6.07) is 5.61. The Bertz CT molecular complexity index is 263. The third-order valence-corrected chi connectivity index (χ3v) is 2.55. The molecule has 1 aromatic rings. The maximum Gasteiger partial charge on any atom is 0.119 e. The van der Waals surface area contributed by atoms with Gasteiger partial charge >= 0.3 is 0 Å². The Balaban J connectivity index is 2.98. The number of alkyl halides is 1. The number of phenolic OH excluding ortho intramolecular Hbond substituents is 1. The Kier molecular flexibility index (Phi) is 3.61. The van der Waals surface area contributed by atoms with Gasteiger partial charge in [0, 0.05) is 5.88 Å². The van der Waals surface area contributed by atoms with E-state index in [1.165, 1.54) is 0 Å². The van der Waals surface area contributed by atoms with E-state index in [2.05, 4.69) is 6.92 Å². The third-order valence-electron chi connectivity index (χ3n) is 2.34. The lowest BCUT2D eigenvalue weighted by Crippen LogP contribution is -1.97. The van der Waals surface area contributed by atoms with Crippen LogP contribution < -0.4 is 0 Å². The van der Waals surface area contributed by atoms with Gasteiger partial charge in [-0.3, -0.25) is 0 Å². The van der Waals surface area contributed by atoms with E-state index in [9.17, 15) is 5.11 Å². The van der Waals surface area contributed by atoms with Gasteiger partial charge in [-0.15, -0.1) is 11.6 Å². The van der Waals surface area contributed by atoms with Crippen LogP contribution in [0.5, 0.6) is 5.75 Å². The van der Waals surface area contributed by atoms with E-state index in [-0.39, 0.29) is 0 Å². The summed E-state index contributed by atoms with van der Waals surface area (Å²) in [7, 11) is 0. The van der Waals surface area contributed by atoms with Gasteiger partial charge in [-0.1, -0.05) is 19.1 Å². The summed E-state index contributed by atoms with van der Waals surface area (Å²) in [5.74, 6) is 1.35. The molecule has 1 aromatic carbocycles. The van der Waals surface area contributed by atoms with Crippen molar-refractivity contribution in [3.05, 3.63) is 29.3 Å². The fourth-order valence-corrected chi connectivity index (χ4v) is 1.94. The Labute approximate surface area is 84.4 Å². The van der Waals surface area contributed by atoms with Crippen LogP contribution in [0, 0.1) is 6.92 Å². The van der Waals surface area contributed by atoms with Gasteiger partial charge in [0.1, 0.15) is 5.75 Å². The smallest absolute Gasteiger partial charge is 0.119 e. The van der Waals surface area contributed by atoms with Crippen LogP contribution in [-0.2, 0) is 0 Å². The molecule has 1 N–H and O–H groups in total. The lowest BCUT2D eigenvalue weighted by atomic mass is 9.93. The molecular formula is C11H15ClO. The van der Waals surface area contributed by atoms with E-state index >= 15 is 0 Å². The van der Waals surface area contributed by atoms with E-state index in [0.717, 1.165) is 17.5 Å². The monoisotopic (exact) mass is 198 g/mol. The lowest BCUT2D eigenvalue weighted by Gasteiger charge is -2.14. The average molecular weight is 199 g/mol. The quantitative estimate of drug-likeness (QED) is 0.738. The molecule has 0 amide bonds. The number of halogens is 1. The molecule has 1 rings (SSSR count). The van der Waals surface area contributed by atoms with Crippen molar-refractivity contribution >= 4 is 11.6 Å². The summed E-state index contributed by atoms with van der Waals surface area (Å²) >= 11 is 5.67. The topological polar surface area (TPSA) is 20.2 Å². The number of aryl methyl sites for hydroxylation is 1. The summed E-state index contributed by atoms with van der Waals surface area (Å²) in [6.45, 7) is 4.10. The first-order valence-corrected chi connectivity index (χ1v) is 5.04. The van der Waals surface area contributed by atoms with Gasteiger partial charge in [0.25, 0.3) is 0 Å². The summed E-state index contributed by atoms with van der Waals surface area (Å²) in [4.78, 5) is 0. The van der Waals surface area contributed by atoms with Crippen LogP contribution in [0.1, 0.15) is 30.4 Å². The SMILES string of the molecule is Cc1cccc(O)c1C(C)CCCl. The fraction of sp³-hybridized carbons (Fsp3) is 0.455. The first kappa shape index (κ1) is 10.4. The molecule has 0 radical (unpaired) electrons. The highest BCUT2D eigenvalue weighted by atomic mass is 35.5. The van der Waals surface area contributed by atoms with Gasteiger partial charge in [-0.25, -0.2) is 0 Å². The van der Waals surface area contributed by atoms with Crippen LogP contribution >= 0.6 is 11.6 Å². The van der Waals surface area contributed by atoms with Gasteiger partial charge in [0.05, 0.1) is 0 Å². The number of rotatable bonds is 3. The molecule has 0 bridgehead atoms. The summed E-state index contributed by atoms with van der Waals surface area (Å²) in [6.07, 6.45) is 0.903. The predicted octanol–water partition coefficient (Wildman–Crippen LogP) is 3.43. The Hall–Kier alpha value is -0.690. The summed E-state index contributed by atoms with van der Waals surface area (Å²) < 4.78 is 0. The van der Waals surface area contributed by atoms with Crippen LogP contribution in [0.25, 0.3) is 0 Å². The molecule has 0 aliphatic heterocycles. The minimum atomic E-state index is 0.332. The van der Waals surface area contributed by atoms with Crippen molar-refractivity contribution in [2.45, 2.75) is 26.2 Å². The highest BCUT2D eigenvalue weighted by molar-refractivity contribution is 6.17. The molecule has 0 aliphatic carbocycles. The molecule has 13 heavy (non-hydrogen) atoms. The van der Waals surface area contributed by atoms with E-state index < -0.39 is 0 Å². The van der Waals surface area contributed by atoms with Crippen LogP contribution in [0.15, 0.2) is 18.2 Å².